The van der Waals surface area contributed by atoms with Crippen molar-refractivity contribution in [2.45, 2.75) is 24.9 Å². The van der Waals surface area contributed by atoms with E-state index in [1.807, 2.05) is 0 Å². The Balaban J connectivity index is 2.41. The molecule has 1 aromatic rings. The van der Waals surface area contributed by atoms with Crippen molar-refractivity contribution in [3.8, 4) is 0 Å². The second kappa shape index (κ2) is 7.08. The smallest absolute Gasteiger partial charge is 0.280 e. The molecule has 0 aliphatic rings. The number of aromatic nitrogens is 2. The van der Waals surface area contributed by atoms with Crippen molar-refractivity contribution in [2.24, 2.45) is 0 Å². The third kappa shape index (κ3) is 4.93. The molecular weight excluding hydrogens is 280 g/mol. The average Bonchev–Trinajstić information content (AvgIpc) is 2.65. The number of nitrogens with zero attached hydrogens (tertiary/aromatic N) is 2. The first-order valence-corrected chi connectivity index (χ1v) is 7.81. The number of aryl methyl sites for hydroxylation is 2. The molecule has 0 aliphatic heterocycles. The van der Waals surface area contributed by atoms with Gasteiger partial charge in [-0.1, -0.05) is 0 Å². The highest BCUT2D eigenvalue weighted by Gasteiger charge is 2.15. The first kappa shape index (κ1) is 15.4. The quantitative estimate of drug-likeness (QED) is 0.532. The van der Waals surface area contributed by atoms with Crippen molar-refractivity contribution in [3.63, 3.8) is 0 Å². The molecular formula is C10H17ClN2O4S. The Bertz CT molecular complexity index is 472. The molecule has 0 saturated heterocycles. The SMILES string of the molecule is COCCOCCCn1cc(S(=O)(=O)Cl)nc1C. The molecule has 1 aromatic heterocycles. The van der Waals surface area contributed by atoms with Crippen molar-refractivity contribution in [3.05, 3.63) is 12.0 Å². The first-order valence-electron chi connectivity index (χ1n) is 5.50. The number of hydrogen-bond donors (Lipinski definition) is 0. The second-order valence-corrected chi connectivity index (χ2v) is 6.23. The van der Waals surface area contributed by atoms with Crippen LogP contribution in [0.25, 0.3) is 0 Å². The lowest BCUT2D eigenvalue weighted by molar-refractivity contribution is 0.0679. The van der Waals surface area contributed by atoms with Gasteiger partial charge in [0.25, 0.3) is 9.05 Å². The van der Waals surface area contributed by atoms with Crippen molar-refractivity contribution in [1.29, 1.82) is 0 Å². The maximum atomic E-state index is 11.1. The summed E-state index contributed by atoms with van der Waals surface area (Å²) >= 11 is 0. The molecule has 0 fully saturated rings. The van der Waals surface area contributed by atoms with E-state index in [4.69, 9.17) is 20.2 Å². The van der Waals surface area contributed by atoms with Gasteiger partial charge >= 0.3 is 0 Å². The number of imidazole rings is 1. The lowest BCUT2D eigenvalue weighted by Crippen LogP contribution is -2.06. The van der Waals surface area contributed by atoms with Crippen LogP contribution in [0.15, 0.2) is 11.2 Å². The Morgan fingerprint density at radius 2 is 2.11 bits per heavy atom. The van der Waals surface area contributed by atoms with Gasteiger partial charge in [-0.25, -0.2) is 13.4 Å². The number of methoxy groups -OCH3 is 1. The Kier molecular flexibility index (Phi) is 6.07. The van der Waals surface area contributed by atoms with Gasteiger partial charge in [0.1, 0.15) is 5.82 Å². The summed E-state index contributed by atoms with van der Waals surface area (Å²) in [6.45, 7) is 4.08. The zero-order valence-corrected chi connectivity index (χ0v) is 12.0. The van der Waals surface area contributed by atoms with Gasteiger partial charge in [-0.15, -0.1) is 0 Å². The van der Waals surface area contributed by atoms with Crippen molar-refractivity contribution < 1.29 is 17.9 Å². The molecule has 0 unspecified atom stereocenters. The Hall–Kier alpha value is -0.630. The van der Waals surface area contributed by atoms with E-state index in [0.29, 0.717) is 32.2 Å². The van der Waals surface area contributed by atoms with Crippen LogP contribution in [0, 0.1) is 6.92 Å². The van der Waals surface area contributed by atoms with E-state index in [0.717, 1.165) is 6.42 Å². The maximum Gasteiger partial charge on any atom is 0.280 e. The minimum absolute atomic E-state index is 0.109. The van der Waals surface area contributed by atoms with Crippen LogP contribution in [0.2, 0.25) is 0 Å². The third-order valence-electron chi connectivity index (χ3n) is 2.32. The molecule has 104 valence electrons. The fourth-order valence-corrected chi connectivity index (χ4v) is 2.12. The van der Waals surface area contributed by atoms with Gasteiger partial charge in [0.2, 0.25) is 0 Å². The van der Waals surface area contributed by atoms with E-state index in [9.17, 15) is 8.42 Å². The second-order valence-electron chi connectivity index (χ2n) is 3.72. The number of ether oxygens (including phenoxy) is 2. The predicted molar refractivity (Wildman–Crippen MR) is 67.3 cm³/mol. The minimum atomic E-state index is -3.75. The molecule has 0 bridgehead atoms. The Morgan fingerprint density at radius 3 is 2.67 bits per heavy atom. The predicted octanol–water partition coefficient (Wildman–Crippen LogP) is 1.17. The summed E-state index contributed by atoms with van der Waals surface area (Å²) in [6, 6.07) is 0. The Morgan fingerprint density at radius 1 is 1.39 bits per heavy atom. The van der Waals surface area contributed by atoms with Crippen molar-refractivity contribution in [2.75, 3.05) is 26.9 Å². The minimum Gasteiger partial charge on any atom is -0.382 e. The van der Waals surface area contributed by atoms with Gasteiger partial charge in [-0.2, -0.15) is 0 Å². The van der Waals surface area contributed by atoms with Crippen molar-refractivity contribution in [1.82, 2.24) is 9.55 Å². The van der Waals surface area contributed by atoms with Crippen LogP contribution in [0.4, 0.5) is 0 Å². The monoisotopic (exact) mass is 296 g/mol. The van der Waals surface area contributed by atoms with Crippen LogP contribution in [-0.4, -0.2) is 44.9 Å². The molecule has 0 amide bonds. The normalized spacial score (nSPS) is 11.9. The van der Waals surface area contributed by atoms with E-state index in [1.165, 1.54) is 6.20 Å². The molecule has 0 radical (unpaired) electrons. The number of hydrogen-bond acceptors (Lipinski definition) is 5. The lowest BCUT2D eigenvalue weighted by atomic mass is 10.4. The van der Waals surface area contributed by atoms with Crippen LogP contribution < -0.4 is 0 Å². The zero-order valence-electron chi connectivity index (χ0n) is 10.4. The topological polar surface area (TPSA) is 70.4 Å². The molecule has 0 atom stereocenters. The fourth-order valence-electron chi connectivity index (χ4n) is 1.40. The number of halogens is 1. The fraction of sp³-hybridized carbons (Fsp3) is 0.700. The molecule has 0 aromatic carbocycles. The summed E-state index contributed by atoms with van der Waals surface area (Å²) in [4.78, 5) is 3.89. The molecule has 0 aliphatic carbocycles. The molecule has 8 heteroatoms. The summed E-state index contributed by atoms with van der Waals surface area (Å²) in [6.07, 6.45) is 2.20. The van der Waals surface area contributed by atoms with Crippen LogP contribution >= 0.6 is 10.7 Å². The van der Waals surface area contributed by atoms with Crippen LogP contribution in [0.3, 0.4) is 0 Å². The van der Waals surface area contributed by atoms with E-state index in [-0.39, 0.29) is 5.03 Å². The van der Waals surface area contributed by atoms with E-state index >= 15 is 0 Å². The largest absolute Gasteiger partial charge is 0.382 e. The highest BCUT2D eigenvalue weighted by molar-refractivity contribution is 8.13. The van der Waals surface area contributed by atoms with Crippen LogP contribution in [0.5, 0.6) is 0 Å². The molecule has 0 spiro atoms. The highest BCUT2D eigenvalue weighted by Crippen LogP contribution is 2.14. The summed E-state index contributed by atoms with van der Waals surface area (Å²) < 4.78 is 34.1. The molecule has 1 rings (SSSR count). The van der Waals surface area contributed by atoms with Gasteiger partial charge in [-0.3, -0.25) is 0 Å². The summed E-state index contributed by atoms with van der Waals surface area (Å²) in [5.74, 6) is 0.617. The van der Waals surface area contributed by atoms with Crippen LogP contribution in [-0.2, 0) is 25.1 Å². The molecule has 0 saturated carbocycles. The molecule has 6 nitrogen and oxygen atoms in total. The van der Waals surface area contributed by atoms with Crippen molar-refractivity contribution >= 4 is 19.7 Å². The Labute approximate surface area is 111 Å². The highest BCUT2D eigenvalue weighted by atomic mass is 35.7. The van der Waals surface area contributed by atoms with Gasteiger partial charge in [0.05, 0.1) is 13.2 Å². The standard InChI is InChI=1S/C10H17ClN2O4S/c1-9-12-10(18(11,14)15)8-13(9)4-3-5-17-7-6-16-2/h8H,3-7H2,1-2H3. The maximum absolute atomic E-state index is 11.1. The molecule has 0 N–H and O–H groups in total. The van der Waals surface area contributed by atoms with E-state index in [1.54, 1.807) is 18.6 Å². The molecule has 18 heavy (non-hydrogen) atoms. The van der Waals surface area contributed by atoms with Gasteiger partial charge in [0.15, 0.2) is 5.03 Å². The van der Waals surface area contributed by atoms with E-state index in [2.05, 4.69) is 4.98 Å². The summed E-state index contributed by atoms with van der Waals surface area (Å²) in [5.41, 5.74) is 0. The summed E-state index contributed by atoms with van der Waals surface area (Å²) in [5, 5.41) is -0.109. The number of rotatable bonds is 8. The van der Waals surface area contributed by atoms with Gasteiger partial charge < -0.3 is 14.0 Å². The zero-order chi connectivity index (χ0) is 13.6. The third-order valence-corrected chi connectivity index (χ3v) is 3.49. The molecule has 1 heterocycles. The van der Waals surface area contributed by atoms with Gasteiger partial charge in [0, 0.05) is 37.1 Å². The van der Waals surface area contributed by atoms with E-state index < -0.39 is 9.05 Å². The summed E-state index contributed by atoms with van der Waals surface area (Å²) in [7, 11) is 3.08. The first-order chi connectivity index (χ1) is 8.45. The average molecular weight is 297 g/mol. The van der Waals surface area contributed by atoms with Gasteiger partial charge in [-0.05, 0) is 13.3 Å². The lowest BCUT2D eigenvalue weighted by Gasteiger charge is -2.05. The van der Waals surface area contributed by atoms with Crippen LogP contribution in [0.1, 0.15) is 12.2 Å².